The molecule has 9 heteroatoms. The first-order chi connectivity index (χ1) is 11.1. The quantitative estimate of drug-likeness (QED) is 0.681. The monoisotopic (exact) mass is 423 g/mol. The topological polar surface area (TPSA) is 60.2 Å². The summed E-state index contributed by atoms with van der Waals surface area (Å²) in [6.45, 7) is 0. The molecular formula is C15H13BrF3NO3S. The van der Waals surface area contributed by atoms with E-state index in [0.717, 1.165) is 19.1 Å². The number of halogens is 4. The minimum Gasteiger partial charge on any atom is -0.361 e. The third-order valence-electron chi connectivity index (χ3n) is 3.88. The highest BCUT2D eigenvalue weighted by molar-refractivity contribution is 9.09. The van der Waals surface area contributed by atoms with Gasteiger partial charge >= 0.3 is 6.18 Å². The molecule has 0 aliphatic heterocycles. The van der Waals surface area contributed by atoms with Gasteiger partial charge in [-0.2, -0.15) is 13.2 Å². The van der Waals surface area contributed by atoms with Crippen molar-refractivity contribution in [1.29, 1.82) is 0 Å². The van der Waals surface area contributed by atoms with E-state index in [2.05, 4.69) is 21.1 Å². The largest absolute Gasteiger partial charge is 0.416 e. The summed E-state index contributed by atoms with van der Waals surface area (Å²) < 4.78 is 68.6. The van der Waals surface area contributed by atoms with Crippen molar-refractivity contribution >= 4 is 25.8 Å². The minimum absolute atomic E-state index is 0.0694. The van der Waals surface area contributed by atoms with Gasteiger partial charge in [0.15, 0.2) is 9.84 Å². The van der Waals surface area contributed by atoms with E-state index in [9.17, 15) is 21.6 Å². The molecule has 0 amide bonds. The number of sulfone groups is 1. The van der Waals surface area contributed by atoms with Gasteiger partial charge in [0.2, 0.25) is 0 Å². The van der Waals surface area contributed by atoms with Gasteiger partial charge in [0.05, 0.1) is 21.5 Å². The van der Waals surface area contributed by atoms with Gasteiger partial charge in [0.1, 0.15) is 5.76 Å². The molecule has 1 atom stereocenters. The Bertz CT molecular complexity index is 872. The maximum Gasteiger partial charge on any atom is 0.416 e. The van der Waals surface area contributed by atoms with E-state index < -0.39 is 26.4 Å². The summed E-state index contributed by atoms with van der Waals surface area (Å²) >= 11 is 3.29. The van der Waals surface area contributed by atoms with E-state index in [1.54, 1.807) is 0 Å². The molecule has 0 bridgehead atoms. The molecule has 1 fully saturated rings. The molecule has 1 aliphatic carbocycles. The van der Waals surface area contributed by atoms with Gasteiger partial charge in [-0.1, -0.05) is 27.2 Å². The van der Waals surface area contributed by atoms with Crippen LogP contribution in [0.4, 0.5) is 13.2 Å². The lowest BCUT2D eigenvalue weighted by Gasteiger charge is -2.18. The number of alkyl halides is 4. The van der Waals surface area contributed by atoms with E-state index in [1.807, 2.05) is 0 Å². The fourth-order valence-electron chi connectivity index (χ4n) is 2.50. The third kappa shape index (κ3) is 3.37. The van der Waals surface area contributed by atoms with Gasteiger partial charge in [-0.05, 0) is 30.5 Å². The molecule has 1 aromatic heterocycles. The second-order valence-corrected chi connectivity index (χ2v) is 8.73. The predicted octanol–water partition coefficient (Wildman–Crippen LogP) is 4.46. The highest BCUT2D eigenvalue weighted by Gasteiger charge is 2.38. The Labute approximate surface area is 145 Å². The molecule has 0 spiro atoms. The van der Waals surface area contributed by atoms with E-state index >= 15 is 0 Å². The number of benzene rings is 1. The first kappa shape index (κ1) is 17.5. The summed E-state index contributed by atoms with van der Waals surface area (Å²) in [7, 11) is -3.74. The van der Waals surface area contributed by atoms with Crippen LogP contribution in [0, 0.1) is 0 Å². The van der Waals surface area contributed by atoms with Crippen LogP contribution < -0.4 is 0 Å². The lowest BCUT2D eigenvalue weighted by molar-refractivity contribution is -0.138. The summed E-state index contributed by atoms with van der Waals surface area (Å²) in [6.07, 6.45) is -0.572. The zero-order valence-corrected chi connectivity index (χ0v) is 14.9. The molecule has 0 radical (unpaired) electrons. The molecule has 1 heterocycles. The number of hydrogen-bond acceptors (Lipinski definition) is 4. The highest BCUT2D eigenvalue weighted by Crippen LogP contribution is 2.47. The molecule has 1 saturated carbocycles. The molecule has 4 nitrogen and oxygen atoms in total. The minimum atomic E-state index is -4.68. The van der Waals surface area contributed by atoms with Crippen LogP contribution in [0.25, 0.3) is 0 Å². The van der Waals surface area contributed by atoms with Crippen LogP contribution in [0.3, 0.4) is 0 Å². The summed E-state index contributed by atoms with van der Waals surface area (Å²) in [5.41, 5.74) is -0.523. The van der Waals surface area contributed by atoms with Crippen molar-refractivity contribution in [1.82, 2.24) is 5.16 Å². The fourth-order valence-corrected chi connectivity index (χ4v) is 3.89. The van der Waals surface area contributed by atoms with Crippen LogP contribution in [0.5, 0.6) is 0 Å². The van der Waals surface area contributed by atoms with Crippen LogP contribution in [-0.2, 0) is 16.0 Å². The third-order valence-corrected chi connectivity index (χ3v) is 5.98. The predicted molar refractivity (Wildman–Crippen MR) is 83.8 cm³/mol. The standard InChI is InChI=1S/C15H13BrF3NO3S/c1-24(21,22)9-4-5-10(12(6-9)15(17,18)19)13(16)11-7-20-23-14(11)8-2-3-8/h4-8,13H,2-3H2,1H3. The van der Waals surface area contributed by atoms with Gasteiger partial charge in [-0.3, -0.25) is 0 Å². The molecule has 0 N–H and O–H groups in total. The van der Waals surface area contributed by atoms with Crippen molar-refractivity contribution < 1.29 is 26.1 Å². The Morgan fingerprint density at radius 3 is 2.50 bits per heavy atom. The van der Waals surface area contributed by atoms with E-state index in [1.165, 1.54) is 18.3 Å². The smallest absolute Gasteiger partial charge is 0.361 e. The van der Waals surface area contributed by atoms with Crippen LogP contribution in [0.15, 0.2) is 33.8 Å². The summed E-state index contributed by atoms with van der Waals surface area (Å²) in [5.74, 6) is 0.768. The van der Waals surface area contributed by atoms with Crippen molar-refractivity contribution in [3.8, 4) is 0 Å². The van der Waals surface area contributed by atoms with Crippen molar-refractivity contribution in [3.63, 3.8) is 0 Å². The van der Waals surface area contributed by atoms with E-state index in [-0.39, 0.29) is 16.4 Å². The SMILES string of the molecule is CS(=O)(=O)c1ccc(C(Br)c2cnoc2C2CC2)c(C(F)(F)F)c1. The lowest BCUT2D eigenvalue weighted by Crippen LogP contribution is -2.13. The molecule has 3 rings (SSSR count). The average molecular weight is 424 g/mol. The molecule has 130 valence electrons. The van der Waals surface area contributed by atoms with Gasteiger partial charge in [0, 0.05) is 17.7 Å². The van der Waals surface area contributed by atoms with Crippen LogP contribution in [0.2, 0.25) is 0 Å². The first-order valence-corrected chi connectivity index (χ1v) is 9.89. The number of nitrogens with zero attached hydrogens (tertiary/aromatic N) is 1. The van der Waals surface area contributed by atoms with Crippen LogP contribution >= 0.6 is 15.9 Å². The number of hydrogen-bond donors (Lipinski definition) is 0. The molecule has 24 heavy (non-hydrogen) atoms. The van der Waals surface area contributed by atoms with E-state index in [4.69, 9.17) is 4.52 Å². The fraction of sp³-hybridized carbons (Fsp3) is 0.400. The van der Waals surface area contributed by atoms with Gasteiger partial charge in [0.25, 0.3) is 0 Å². The maximum atomic E-state index is 13.4. The van der Waals surface area contributed by atoms with Crippen LogP contribution in [0.1, 0.15) is 46.0 Å². The van der Waals surface area contributed by atoms with Crippen molar-refractivity contribution in [3.05, 3.63) is 46.8 Å². The Morgan fingerprint density at radius 2 is 1.96 bits per heavy atom. The van der Waals surface area contributed by atoms with Crippen molar-refractivity contribution in [2.45, 2.75) is 34.7 Å². The Hall–Kier alpha value is -1.35. The van der Waals surface area contributed by atoms with Crippen LogP contribution in [-0.4, -0.2) is 19.8 Å². The number of rotatable bonds is 4. The van der Waals surface area contributed by atoms with Crippen molar-refractivity contribution in [2.75, 3.05) is 6.26 Å². The molecule has 1 aliphatic rings. The molecule has 2 aromatic rings. The molecular weight excluding hydrogens is 411 g/mol. The van der Waals surface area contributed by atoms with Gasteiger partial charge in [-0.15, -0.1) is 0 Å². The van der Waals surface area contributed by atoms with E-state index in [0.29, 0.717) is 17.4 Å². The Balaban J connectivity index is 2.11. The second kappa shape index (κ2) is 5.87. The Morgan fingerprint density at radius 1 is 1.29 bits per heavy atom. The second-order valence-electron chi connectivity index (χ2n) is 5.80. The molecule has 1 unspecified atom stereocenters. The highest BCUT2D eigenvalue weighted by atomic mass is 79.9. The molecule has 1 aromatic carbocycles. The van der Waals surface area contributed by atoms with Gasteiger partial charge < -0.3 is 4.52 Å². The average Bonchev–Trinajstić information content (AvgIpc) is 3.21. The van der Waals surface area contributed by atoms with Crippen molar-refractivity contribution in [2.24, 2.45) is 0 Å². The lowest BCUT2D eigenvalue weighted by atomic mass is 9.99. The summed E-state index contributed by atoms with van der Waals surface area (Å²) in [5, 5.41) is 3.70. The summed E-state index contributed by atoms with van der Waals surface area (Å²) in [6, 6.07) is 3.03. The maximum absolute atomic E-state index is 13.4. The molecule has 0 saturated heterocycles. The Kier molecular flexibility index (Phi) is 4.28. The normalized spacial score (nSPS) is 17.0. The summed E-state index contributed by atoms with van der Waals surface area (Å²) in [4.78, 5) is -1.16. The zero-order valence-electron chi connectivity index (χ0n) is 12.5. The zero-order chi connectivity index (χ0) is 17.7. The number of aromatic nitrogens is 1. The first-order valence-electron chi connectivity index (χ1n) is 7.08. The van der Waals surface area contributed by atoms with Gasteiger partial charge in [-0.25, -0.2) is 8.42 Å².